The van der Waals surface area contributed by atoms with Crippen molar-refractivity contribution >= 4 is 5.91 Å². The van der Waals surface area contributed by atoms with Crippen molar-refractivity contribution in [3.63, 3.8) is 0 Å². The molecule has 2 aromatic rings. The van der Waals surface area contributed by atoms with Crippen molar-refractivity contribution in [2.75, 3.05) is 14.1 Å². The first-order valence-electron chi connectivity index (χ1n) is 6.25. The van der Waals surface area contributed by atoms with Crippen molar-refractivity contribution in [3.05, 3.63) is 47.9 Å². The molecule has 0 bridgehead atoms. The summed E-state index contributed by atoms with van der Waals surface area (Å²) in [5.41, 5.74) is 3.34. The maximum atomic E-state index is 11.9. The van der Waals surface area contributed by atoms with Crippen molar-refractivity contribution in [1.29, 1.82) is 0 Å². The van der Waals surface area contributed by atoms with E-state index >= 15 is 0 Å². The highest BCUT2D eigenvalue weighted by Gasteiger charge is 2.12. The first kappa shape index (κ1) is 13.2. The van der Waals surface area contributed by atoms with E-state index < -0.39 is 0 Å². The molecule has 0 unspecified atom stereocenters. The Balaban J connectivity index is 2.46. The van der Waals surface area contributed by atoms with Crippen LogP contribution in [-0.4, -0.2) is 34.9 Å². The van der Waals surface area contributed by atoms with Gasteiger partial charge in [-0.05, 0) is 12.0 Å². The van der Waals surface area contributed by atoms with Crippen molar-refractivity contribution in [1.82, 2.24) is 14.9 Å². The van der Waals surface area contributed by atoms with Gasteiger partial charge >= 0.3 is 0 Å². The highest BCUT2D eigenvalue weighted by molar-refractivity contribution is 5.92. The zero-order valence-corrected chi connectivity index (χ0v) is 11.4. The summed E-state index contributed by atoms with van der Waals surface area (Å²) >= 11 is 0. The average molecular weight is 255 g/mol. The highest BCUT2D eigenvalue weighted by Crippen LogP contribution is 2.21. The number of benzene rings is 1. The molecular formula is C15H17N3O. The van der Waals surface area contributed by atoms with E-state index in [2.05, 4.69) is 23.0 Å². The Hall–Kier alpha value is -2.23. The van der Waals surface area contributed by atoms with Gasteiger partial charge in [0, 0.05) is 19.7 Å². The molecule has 4 nitrogen and oxygen atoms in total. The molecule has 0 aliphatic carbocycles. The molecule has 0 saturated heterocycles. The summed E-state index contributed by atoms with van der Waals surface area (Å²) in [6, 6.07) is 8.05. The fourth-order valence-electron chi connectivity index (χ4n) is 1.91. The predicted molar refractivity (Wildman–Crippen MR) is 74.9 cm³/mol. The second-order valence-electron chi connectivity index (χ2n) is 4.50. The van der Waals surface area contributed by atoms with Gasteiger partial charge in [0.2, 0.25) is 0 Å². The molecule has 1 aromatic carbocycles. The first-order valence-corrected chi connectivity index (χ1v) is 6.25. The summed E-state index contributed by atoms with van der Waals surface area (Å²) in [4.78, 5) is 22.0. The monoisotopic (exact) mass is 255 g/mol. The lowest BCUT2D eigenvalue weighted by Crippen LogP contribution is -2.23. The minimum absolute atomic E-state index is 0.136. The summed E-state index contributed by atoms with van der Waals surface area (Å²) in [6.45, 7) is 2.10. The van der Waals surface area contributed by atoms with Crippen molar-refractivity contribution in [3.8, 4) is 11.3 Å². The minimum Gasteiger partial charge on any atom is -0.343 e. The van der Waals surface area contributed by atoms with Crippen molar-refractivity contribution in [2.24, 2.45) is 0 Å². The van der Waals surface area contributed by atoms with Gasteiger partial charge in [0.15, 0.2) is 0 Å². The van der Waals surface area contributed by atoms with E-state index in [0.29, 0.717) is 5.69 Å². The third-order valence-corrected chi connectivity index (χ3v) is 2.93. The standard InChI is InChI=1S/C15H17N3O/c1-4-11-7-5-6-8-12(11)13-9-16-10-14(17-13)15(19)18(2)3/h5-10H,4H2,1-3H3. The third kappa shape index (κ3) is 2.78. The zero-order valence-electron chi connectivity index (χ0n) is 11.4. The maximum absolute atomic E-state index is 11.9. The fourth-order valence-corrected chi connectivity index (χ4v) is 1.91. The smallest absolute Gasteiger partial charge is 0.273 e. The molecule has 19 heavy (non-hydrogen) atoms. The summed E-state index contributed by atoms with van der Waals surface area (Å²) < 4.78 is 0. The van der Waals surface area contributed by atoms with Gasteiger partial charge in [-0.2, -0.15) is 0 Å². The molecule has 0 fully saturated rings. The number of hydrogen-bond acceptors (Lipinski definition) is 3. The molecule has 98 valence electrons. The predicted octanol–water partition coefficient (Wildman–Crippen LogP) is 2.41. The Labute approximate surface area is 113 Å². The Morgan fingerprint density at radius 2 is 1.95 bits per heavy atom. The van der Waals surface area contributed by atoms with Crippen LogP contribution in [0.15, 0.2) is 36.7 Å². The summed E-state index contributed by atoms with van der Waals surface area (Å²) in [5.74, 6) is -0.136. The van der Waals surface area contributed by atoms with Crippen LogP contribution in [0.25, 0.3) is 11.3 Å². The number of rotatable bonds is 3. The molecule has 1 aromatic heterocycles. The lowest BCUT2D eigenvalue weighted by Gasteiger charge is -2.11. The Morgan fingerprint density at radius 3 is 2.63 bits per heavy atom. The molecule has 1 heterocycles. The van der Waals surface area contributed by atoms with Crippen LogP contribution in [-0.2, 0) is 6.42 Å². The molecule has 4 heteroatoms. The van der Waals surface area contributed by atoms with Crippen LogP contribution in [0.3, 0.4) is 0 Å². The second-order valence-corrected chi connectivity index (χ2v) is 4.50. The van der Waals surface area contributed by atoms with Crippen LogP contribution in [0.5, 0.6) is 0 Å². The lowest BCUT2D eigenvalue weighted by molar-refractivity contribution is 0.0821. The van der Waals surface area contributed by atoms with E-state index in [1.54, 1.807) is 20.3 Å². The molecule has 0 spiro atoms. The van der Waals surface area contributed by atoms with Gasteiger partial charge in [0.05, 0.1) is 18.1 Å². The lowest BCUT2D eigenvalue weighted by atomic mass is 10.0. The van der Waals surface area contributed by atoms with E-state index in [0.717, 1.165) is 17.7 Å². The number of amides is 1. The zero-order chi connectivity index (χ0) is 13.8. The molecular weight excluding hydrogens is 238 g/mol. The number of hydrogen-bond donors (Lipinski definition) is 0. The molecule has 0 saturated carbocycles. The quantitative estimate of drug-likeness (QED) is 0.846. The largest absolute Gasteiger partial charge is 0.343 e. The number of carbonyl (C=O) groups is 1. The van der Waals surface area contributed by atoms with Crippen LogP contribution >= 0.6 is 0 Å². The van der Waals surface area contributed by atoms with Crippen molar-refractivity contribution in [2.45, 2.75) is 13.3 Å². The number of carbonyl (C=O) groups excluding carboxylic acids is 1. The Kier molecular flexibility index (Phi) is 3.90. The minimum atomic E-state index is -0.136. The van der Waals surface area contributed by atoms with Crippen LogP contribution in [0.1, 0.15) is 23.0 Å². The second kappa shape index (κ2) is 5.61. The highest BCUT2D eigenvalue weighted by atomic mass is 16.2. The summed E-state index contributed by atoms with van der Waals surface area (Å²) in [6.07, 6.45) is 4.12. The van der Waals surface area contributed by atoms with Crippen LogP contribution in [0.4, 0.5) is 0 Å². The summed E-state index contributed by atoms with van der Waals surface area (Å²) in [7, 11) is 3.41. The number of aromatic nitrogens is 2. The normalized spacial score (nSPS) is 10.3. The van der Waals surface area contributed by atoms with E-state index in [4.69, 9.17) is 0 Å². The van der Waals surface area contributed by atoms with Gasteiger partial charge in [0.1, 0.15) is 5.69 Å². The number of nitrogens with zero attached hydrogens (tertiary/aromatic N) is 3. The SMILES string of the molecule is CCc1ccccc1-c1cncc(C(=O)N(C)C)n1. The average Bonchev–Trinajstić information content (AvgIpc) is 2.46. The van der Waals surface area contributed by atoms with E-state index in [-0.39, 0.29) is 5.91 Å². The third-order valence-electron chi connectivity index (χ3n) is 2.93. The molecule has 0 aliphatic rings. The van der Waals surface area contributed by atoms with Gasteiger partial charge in [-0.15, -0.1) is 0 Å². The molecule has 0 radical (unpaired) electrons. The van der Waals surface area contributed by atoms with Gasteiger partial charge < -0.3 is 4.90 Å². The molecule has 2 rings (SSSR count). The molecule has 0 aliphatic heterocycles. The topological polar surface area (TPSA) is 46.1 Å². The van der Waals surface area contributed by atoms with Crippen molar-refractivity contribution < 1.29 is 4.79 Å². The Morgan fingerprint density at radius 1 is 1.21 bits per heavy atom. The summed E-state index contributed by atoms with van der Waals surface area (Å²) in [5, 5.41) is 0. The number of aryl methyl sites for hydroxylation is 1. The molecule has 0 atom stereocenters. The van der Waals surface area contributed by atoms with E-state index in [1.807, 2.05) is 18.2 Å². The van der Waals surface area contributed by atoms with Gasteiger partial charge in [-0.3, -0.25) is 9.78 Å². The molecule has 1 amide bonds. The molecule has 0 N–H and O–H groups in total. The van der Waals surface area contributed by atoms with E-state index in [1.165, 1.54) is 16.7 Å². The first-order chi connectivity index (χ1) is 9.13. The van der Waals surface area contributed by atoms with Gasteiger partial charge in [0.25, 0.3) is 5.91 Å². The van der Waals surface area contributed by atoms with Crippen LogP contribution < -0.4 is 0 Å². The van der Waals surface area contributed by atoms with Gasteiger partial charge in [-0.25, -0.2) is 4.98 Å². The Bertz CT molecular complexity index is 593. The van der Waals surface area contributed by atoms with Gasteiger partial charge in [-0.1, -0.05) is 31.2 Å². The van der Waals surface area contributed by atoms with Crippen LogP contribution in [0.2, 0.25) is 0 Å². The maximum Gasteiger partial charge on any atom is 0.273 e. The van der Waals surface area contributed by atoms with Crippen LogP contribution in [0, 0.1) is 0 Å². The fraction of sp³-hybridized carbons (Fsp3) is 0.267. The van der Waals surface area contributed by atoms with E-state index in [9.17, 15) is 4.79 Å².